The molecular formula is C13H12N2O3. The Kier molecular flexibility index (Phi) is 3.33. The molecule has 5 nitrogen and oxygen atoms in total. The van der Waals surface area contributed by atoms with E-state index in [1.807, 2.05) is 0 Å². The first-order valence-electron chi connectivity index (χ1n) is 5.24. The largest absolute Gasteiger partial charge is 0.519 e. The van der Waals surface area contributed by atoms with Gasteiger partial charge in [0.05, 0.1) is 0 Å². The highest BCUT2D eigenvalue weighted by atomic mass is 16.7. The van der Waals surface area contributed by atoms with E-state index in [4.69, 9.17) is 20.9 Å². The topological polar surface area (TPSA) is 87.6 Å². The van der Waals surface area contributed by atoms with Crippen LogP contribution in [0.4, 0.5) is 16.2 Å². The number of rotatable bonds is 2. The SMILES string of the molecule is Nc1cccc(OC(=O)Oc2cccc(N)c2)c1. The lowest BCUT2D eigenvalue weighted by atomic mass is 10.3. The number of nitrogen functional groups attached to an aromatic ring is 2. The van der Waals surface area contributed by atoms with E-state index >= 15 is 0 Å². The quantitative estimate of drug-likeness (QED) is 0.481. The average Bonchev–Trinajstić information content (AvgIpc) is 2.28. The number of anilines is 2. The standard InChI is InChI=1S/C13H12N2O3/c14-9-3-1-5-11(7-9)17-13(16)18-12-6-2-4-10(15)8-12/h1-8H,14-15H2. The summed E-state index contributed by atoms with van der Waals surface area (Å²) in [6.45, 7) is 0. The highest BCUT2D eigenvalue weighted by Gasteiger charge is 2.08. The molecule has 0 heterocycles. The van der Waals surface area contributed by atoms with Crippen molar-refractivity contribution in [1.82, 2.24) is 0 Å². The van der Waals surface area contributed by atoms with Crippen LogP contribution in [0.15, 0.2) is 48.5 Å². The molecule has 0 saturated heterocycles. The van der Waals surface area contributed by atoms with Crippen molar-refractivity contribution in [3.63, 3.8) is 0 Å². The molecule has 0 spiro atoms. The maximum atomic E-state index is 11.5. The summed E-state index contributed by atoms with van der Waals surface area (Å²) in [5.74, 6) is 0.646. The van der Waals surface area contributed by atoms with Gasteiger partial charge >= 0.3 is 6.16 Å². The summed E-state index contributed by atoms with van der Waals surface area (Å²) in [6.07, 6.45) is -0.841. The first-order valence-corrected chi connectivity index (χ1v) is 5.24. The van der Waals surface area contributed by atoms with Crippen LogP contribution in [0.5, 0.6) is 11.5 Å². The molecular weight excluding hydrogens is 232 g/mol. The van der Waals surface area contributed by atoms with Gasteiger partial charge in [0, 0.05) is 23.5 Å². The minimum atomic E-state index is -0.841. The second kappa shape index (κ2) is 5.09. The molecule has 2 aromatic rings. The van der Waals surface area contributed by atoms with Crippen LogP contribution < -0.4 is 20.9 Å². The van der Waals surface area contributed by atoms with Crippen molar-refractivity contribution in [2.75, 3.05) is 11.5 Å². The maximum absolute atomic E-state index is 11.5. The summed E-state index contributed by atoms with van der Waals surface area (Å²) in [5.41, 5.74) is 12.1. The fourth-order valence-corrected chi connectivity index (χ4v) is 1.37. The third-order valence-corrected chi connectivity index (χ3v) is 2.12. The summed E-state index contributed by atoms with van der Waals surface area (Å²) in [5, 5.41) is 0. The van der Waals surface area contributed by atoms with E-state index < -0.39 is 6.16 Å². The Labute approximate surface area is 104 Å². The molecule has 18 heavy (non-hydrogen) atoms. The number of hydrogen-bond donors (Lipinski definition) is 2. The number of hydrogen-bond acceptors (Lipinski definition) is 5. The number of carbonyl (C=O) groups excluding carboxylic acids is 1. The molecule has 0 aliphatic heterocycles. The Morgan fingerprint density at radius 3 is 1.67 bits per heavy atom. The molecule has 2 rings (SSSR count). The third kappa shape index (κ3) is 3.15. The first-order chi connectivity index (χ1) is 8.63. The van der Waals surface area contributed by atoms with Gasteiger partial charge in [-0.15, -0.1) is 0 Å². The van der Waals surface area contributed by atoms with E-state index in [0.717, 1.165) is 0 Å². The van der Waals surface area contributed by atoms with Gasteiger partial charge in [-0.05, 0) is 24.3 Å². The number of benzene rings is 2. The third-order valence-electron chi connectivity index (χ3n) is 2.12. The molecule has 0 radical (unpaired) electrons. The van der Waals surface area contributed by atoms with Gasteiger partial charge in [0.15, 0.2) is 0 Å². The van der Waals surface area contributed by atoms with Crippen LogP contribution in [0, 0.1) is 0 Å². The number of nitrogens with two attached hydrogens (primary N) is 2. The van der Waals surface area contributed by atoms with Crippen LogP contribution in [0.3, 0.4) is 0 Å². The summed E-state index contributed by atoms with van der Waals surface area (Å²) in [4.78, 5) is 11.5. The lowest BCUT2D eigenvalue weighted by Crippen LogP contribution is -2.13. The van der Waals surface area contributed by atoms with Crippen LogP contribution in [0.2, 0.25) is 0 Å². The normalized spacial score (nSPS) is 9.78. The fourth-order valence-electron chi connectivity index (χ4n) is 1.37. The van der Waals surface area contributed by atoms with Gasteiger partial charge in [-0.1, -0.05) is 12.1 Å². The maximum Gasteiger partial charge on any atom is 0.519 e. The molecule has 4 N–H and O–H groups in total. The van der Waals surface area contributed by atoms with Crippen molar-refractivity contribution in [3.8, 4) is 11.5 Å². The second-order valence-corrected chi connectivity index (χ2v) is 3.60. The van der Waals surface area contributed by atoms with E-state index in [9.17, 15) is 4.79 Å². The van der Waals surface area contributed by atoms with Crippen molar-refractivity contribution >= 4 is 17.5 Å². The highest BCUT2D eigenvalue weighted by molar-refractivity contribution is 5.68. The Morgan fingerprint density at radius 2 is 1.28 bits per heavy atom. The number of ether oxygens (including phenoxy) is 2. The van der Waals surface area contributed by atoms with Crippen LogP contribution in [0.1, 0.15) is 0 Å². The van der Waals surface area contributed by atoms with Gasteiger partial charge in [-0.2, -0.15) is 0 Å². The minimum Gasteiger partial charge on any atom is -0.399 e. The van der Waals surface area contributed by atoms with Crippen LogP contribution in [0.25, 0.3) is 0 Å². The smallest absolute Gasteiger partial charge is 0.399 e. The van der Waals surface area contributed by atoms with Crippen molar-refractivity contribution < 1.29 is 14.3 Å². The lowest BCUT2D eigenvalue weighted by Gasteiger charge is -2.06. The van der Waals surface area contributed by atoms with Crippen molar-refractivity contribution in [2.45, 2.75) is 0 Å². The van der Waals surface area contributed by atoms with Gasteiger partial charge in [0.25, 0.3) is 0 Å². The molecule has 5 heteroatoms. The molecule has 0 atom stereocenters. The van der Waals surface area contributed by atoms with Crippen LogP contribution in [-0.2, 0) is 0 Å². The fraction of sp³-hybridized carbons (Fsp3) is 0. The predicted octanol–water partition coefficient (Wildman–Crippen LogP) is 2.43. The zero-order valence-corrected chi connectivity index (χ0v) is 9.50. The highest BCUT2D eigenvalue weighted by Crippen LogP contribution is 2.18. The molecule has 0 bridgehead atoms. The summed E-state index contributed by atoms with van der Waals surface area (Å²) < 4.78 is 9.91. The van der Waals surface area contributed by atoms with Gasteiger partial charge in [-0.25, -0.2) is 4.79 Å². The van der Waals surface area contributed by atoms with Crippen molar-refractivity contribution in [3.05, 3.63) is 48.5 Å². The molecule has 0 saturated carbocycles. The Balaban J connectivity index is 2.01. The van der Waals surface area contributed by atoms with Crippen LogP contribution >= 0.6 is 0 Å². The Bertz CT molecular complexity index is 520. The van der Waals surface area contributed by atoms with Gasteiger partial charge in [0.1, 0.15) is 11.5 Å². The molecule has 2 aromatic carbocycles. The molecule has 92 valence electrons. The Morgan fingerprint density at radius 1 is 0.833 bits per heavy atom. The molecule has 0 unspecified atom stereocenters. The van der Waals surface area contributed by atoms with E-state index in [1.54, 1.807) is 36.4 Å². The van der Waals surface area contributed by atoms with E-state index in [2.05, 4.69) is 0 Å². The first kappa shape index (κ1) is 11.8. The Hall–Kier alpha value is -2.69. The summed E-state index contributed by atoms with van der Waals surface area (Å²) in [6, 6.07) is 13.0. The molecule has 0 aliphatic rings. The summed E-state index contributed by atoms with van der Waals surface area (Å²) >= 11 is 0. The molecule has 0 aromatic heterocycles. The van der Waals surface area contributed by atoms with Gasteiger partial charge in [-0.3, -0.25) is 0 Å². The molecule has 0 fully saturated rings. The van der Waals surface area contributed by atoms with Gasteiger partial charge in [0.2, 0.25) is 0 Å². The predicted molar refractivity (Wildman–Crippen MR) is 68.4 cm³/mol. The molecule has 0 amide bonds. The van der Waals surface area contributed by atoms with Crippen LogP contribution in [-0.4, -0.2) is 6.16 Å². The molecule has 0 aliphatic carbocycles. The van der Waals surface area contributed by atoms with Crippen molar-refractivity contribution in [1.29, 1.82) is 0 Å². The minimum absolute atomic E-state index is 0.323. The second-order valence-electron chi connectivity index (χ2n) is 3.60. The lowest BCUT2D eigenvalue weighted by molar-refractivity contribution is 0.152. The zero-order chi connectivity index (χ0) is 13.0. The number of carbonyl (C=O) groups is 1. The average molecular weight is 244 g/mol. The summed E-state index contributed by atoms with van der Waals surface area (Å²) in [7, 11) is 0. The monoisotopic (exact) mass is 244 g/mol. The van der Waals surface area contributed by atoms with E-state index in [1.165, 1.54) is 12.1 Å². The zero-order valence-electron chi connectivity index (χ0n) is 9.50. The van der Waals surface area contributed by atoms with Gasteiger partial charge < -0.3 is 20.9 Å². The van der Waals surface area contributed by atoms with E-state index in [-0.39, 0.29) is 0 Å². The van der Waals surface area contributed by atoms with Crippen molar-refractivity contribution in [2.24, 2.45) is 0 Å². The van der Waals surface area contributed by atoms with E-state index in [0.29, 0.717) is 22.9 Å².